The molecule has 0 unspecified atom stereocenters. The molecular formula is C15H24ClN3O2. The Morgan fingerprint density at radius 3 is 2.52 bits per heavy atom. The van der Waals surface area contributed by atoms with Gasteiger partial charge in [-0.3, -0.25) is 4.79 Å². The smallest absolute Gasteiger partial charge is 0.287 e. The van der Waals surface area contributed by atoms with Crippen LogP contribution in [0.4, 0.5) is 5.69 Å². The SMILES string of the molecule is COCCn1ncc(NCC2C(C)(C)C2(C)C)c(Cl)c1=O. The summed E-state index contributed by atoms with van der Waals surface area (Å²) in [6, 6.07) is 0. The number of methoxy groups -OCH3 is 1. The zero-order valence-corrected chi connectivity index (χ0v) is 14.1. The maximum absolute atomic E-state index is 12.1. The summed E-state index contributed by atoms with van der Waals surface area (Å²) in [4.78, 5) is 12.1. The Labute approximate surface area is 130 Å². The van der Waals surface area contributed by atoms with E-state index in [1.807, 2.05) is 0 Å². The topological polar surface area (TPSA) is 56.1 Å². The number of anilines is 1. The van der Waals surface area contributed by atoms with Gasteiger partial charge in [-0.2, -0.15) is 5.10 Å². The molecule has 1 aliphatic rings. The van der Waals surface area contributed by atoms with Crippen molar-refractivity contribution in [1.29, 1.82) is 0 Å². The predicted octanol–water partition coefficient (Wildman–Crippen LogP) is 2.64. The zero-order valence-electron chi connectivity index (χ0n) is 13.4. The summed E-state index contributed by atoms with van der Waals surface area (Å²) in [5.41, 5.74) is 0.919. The van der Waals surface area contributed by atoms with Crippen LogP contribution in [0.3, 0.4) is 0 Å². The lowest BCUT2D eigenvalue weighted by Crippen LogP contribution is -2.26. The number of nitrogens with zero attached hydrogens (tertiary/aromatic N) is 2. The zero-order chi connectivity index (χ0) is 15.8. The van der Waals surface area contributed by atoms with E-state index in [9.17, 15) is 4.79 Å². The van der Waals surface area contributed by atoms with Gasteiger partial charge in [0.05, 0.1) is 25.0 Å². The Balaban J connectivity index is 2.06. The molecule has 0 spiro atoms. The molecule has 0 aliphatic heterocycles. The van der Waals surface area contributed by atoms with Crippen molar-refractivity contribution in [3.05, 3.63) is 21.6 Å². The van der Waals surface area contributed by atoms with Crippen molar-refractivity contribution in [3.8, 4) is 0 Å². The molecule has 1 aromatic heterocycles. The van der Waals surface area contributed by atoms with Crippen LogP contribution in [0.15, 0.2) is 11.0 Å². The van der Waals surface area contributed by atoms with Gasteiger partial charge in [-0.1, -0.05) is 39.3 Å². The average molecular weight is 314 g/mol. The minimum atomic E-state index is -0.284. The van der Waals surface area contributed by atoms with Crippen molar-refractivity contribution in [2.24, 2.45) is 16.7 Å². The third-order valence-electron chi connectivity index (χ3n) is 5.31. The van der Waals surface area contributed by atoms with Gasteiger partial charge in [0.2, 0.25) is 0 Å². The minimum absolute atomic E-state index is 0.192. The number of ether oxygens (including phenoxy) is 1. The van der Waals surface area contributed by atoms with E-state index in [2.05, 4.69) is 38.1 Å². The molecule has 1 fully saturated rings. The maximum atomic E-state index is 12.1. The summed E-state index contributed by atoms with van der Waals surface area (Å²) >= 11 is 6.15. The first kappa shape index (κ1) is 16.3. The van der Waals surface area contributed by atoms with Crippen LogP contribution in [0, 0.1) is 16.7 Å². The van der Waals surface area contributed by atoms with E-state index < -0.39 is 0 Å². The molecule has 1 heterocycles. The molecule has 21 heavy (non-hydrogen) atoms. The fraction of sp³-hybridized carbons (Fsp3) is 0.733. The second kappa shape index (κ2) is 5.61. The Morgan fingerprint density at radius 1 is 1.38 bits per heavy atom. The van der Waals surface area contributed by atoms with Crippen LogP contribution in [0.1, 0.15) is 27.7 Å². The Kier molecular flexibility index (Phi) is 4.36. The van der Waals surface area contributed by atoms with Gasteiger partial charge in [0.15, 0.2) is 0 Å². The summed E-state index contributed by atoms with van der Waals surface area (Å²) in [6.45, 7) is 10.7. The van der Waals surface area contributed by atoms with E-state index in [1.165, 1.54) is 4.68 Å². The number of halogens is 1. The molecule has 1 aliphatic carbocycles. The van der Waals surface area contributed by atoms with Gasteiger partial charge in [0, 0.05) is 13.7 Å². The highest BCUT2D eigenvalue weighted by molar-refractivity contribution is 6.32. The van der Waals surface area contributed by atoms with E-state index >= 15 is 0 Å². The molecule has 0 atom stereocenters. The van der Waals surface area contributed by atoms with Gasteiger partial charge in [-0.15, -0.1) is 0 Å². The lowest BCUT2D eigenvalue weighted by molar-refractivity contribution is 0.182. The van der Waals surface area contributed by atoms with Gasteiger partial charge in [0.25, 0.3) is 5.56 Å². The summed E-state index contributed by atoms with van der Waals surface area (Å²) in [5, 5.41) is 7.59. The molecule has 5 nitrogen and oxygen atoms in total. The number of aromatic nitrogens is 2. The molecule has 1 N–H and O–H groups in total. The van der Waals surface area contributed by atoms with Crippen LogP contribution < -0.4 is 10.9 Å². The van der Waals surface area contributed by atoms with Crippen LogP contribution in [0.25, 0.3) is 0 Å². The minimum Gasteiger partial charge on any atom is -0.383 e. The molecule has 0 amide bonds. The first-order valence-electron chi connectivity index (χ1n) is 7.22. The highest BCUT2D eigenvalue weighted by Crippen LogP contribution is 2.68. The molecule has 0 saturated heterocycles. The second-order valence-electron chi connectivity index (χ2n) is 6.77. The van der Waals surface area contributed by atoms with Crippen LogP contribution in [0.5, 0.6) is 0 Å². The molecule has 6 heteroatoms. The van der Waals surface area contributed by atoms with E-state index in [-0.39, 0.29) is 10.6 Å². The number of nitrogens with one attached hydrogen (secondary N) is 1. The summed E-state index contributed by atoms with van der Waals surface area (Å²) < 4.78 is 6.27. The van der Waals surface area contributed by atoms with Crippen molar-refractivity contribution in [2.75, 3.05) is 25.6 Å². The average Bonchev–Trinajstić information content (AvgIpc) is 2.81. The van der Waals surface area contributed by atoms with E-state index in [0.717, 1.165) is 6.54 Å². The third kappa shape index (κ3) is 2.81. The van der Waals surface area contributed by atoms with Crippen molar-refractivity contribution in [1.82, 2.24) is 9.78 Å². The standard InChI is InChI=1S/C15H24ClN3O2/c1-14(2)11(15(14,3)4)9-17-10-8-18-19(6-7-21-5)13(20)12(10)16/h8,11,17H,6-7,9H2,1-5H3. The van der Waals surface area contributed by atoms with Crippen LogP contribution >= 0.6 is 11.6 Å². The lowest BCUT2D eigenvalue weighted by Gasteiger charge is -2.11. The van der Waals surface area contributed by atoms with Gasteiger partial charge < -0.3 is 10.1 Å². The largest absolute Gasteiger partial charge is 0.383 e. The molecular weight excluding hydrogens is 290 g/mol. The van der Waals surface area contributed by atoms with E-state index in [1.54, 1.807) is 13.3 Å². The molecule has 1 aromatic rings. The summed E-state index contributed by atoms with van der Waals surface area (Å²) in [5.74, 6) is 0.553. The van der Waals surface area contributed by atoms with E-state index in [0.29, 0.717) is 35.6 Å². The van der Waals surface area contributed by atoms with Gasteiger partial charge in [-0.05, 0) is 16.7 Å². The molecule has 2 rings (SSSR count). The number of hydrogen-bond acceptors (Lipinski definition) is 4. The third-order valence-corrected chi connectivity index (χ3v) is 5.67. The Hall–Kier alpha value is -1.07. The molecule has 0 aromatic carbocycles. The highest BCUT2D eigenvalue weighted by atomic mass is 35.5. The van der Waals surface area contributed by atoms with Gasteiger partial charge in [0.1, 0.15) is 5.02 Å². The second-order valence-corrected chi connectivity index (χ2v) is 7.15. The van der Waals surface area contributed by atoms with Crippen molar-refractivity contribution in [2.45, 2.75) is 34.2 Å². The summed E-state index contributed by atoms with van der Waals surface area (Å²) in [6.07, 6.45) is 1.61. The van der Waals surface area contributed by atoms with Gasteiger partial charge >= 0.3 is 0 Å². The monoisotopic (exact) mass is 313 g/mol. The molecule has 0 bridgehead atoms. The fourth-order valence-electron chi connectivity index (χ4n) is 2.98. The highest BCUT2D eigenvalue weighted by Gasteiger charge is 2.64. The quantitative estimate of drug-likeness (QED) is 0.877. The first-order chi connectivity index (χ1) is 9.73. The van der Waals surface area contributed by atoms with Crippen molar-refractivity contribution < 1.29 is 4.74 Å². The fourth-order valence-corrected chi connectivity index (χ4v) is 3.19. The van der Waals surface area contributed by atoms with E-state index in [4.69, 9.17) is 16.3 Å². The normalized spacial score (nSPS) is 19.5. The first-order valence-corrected chi connectivity index (χ1v) is 7.59. The lowest BCUT2D eigenvalue weighted by atomic mass is 10.0. The van der Waals surface area contributed by atoms with Crippen LogP contribution in [-0.4, -0.2) is 30.0 Å². The van der Waals surface area contributed by atoms with Crippen molar-refractivity contribution >= 4 is 17.3 Å². The Morgan fingerprint density at radius 2 is 2.00 bits per heavy atom. The molecule has 0 radical (unpaired) electrons. The number of hydrogen-bond donors (Lipinski definition) is 1. The predicted molar refractivity (Wildman–Crippen MR) is 84.9 cm³/mol. The van der Waals surface area contributed by atoms with Crippen LogP contribution in [-0.2, 0) is 11.3 Å². The number of rotatable bonds is 6. The summed E-state index contributed by atoms with van der Waals surface area (Å²) in [7, 11) is 1.59. The van der Waals surface area contributed by atoms with Gasteiger partial charge in [-0.25, -0.2) is 4.68 Å². The Bertz CT molecular complexity index is 567. The molecule has 118 valence electrons. The molecule has 1 saturated carbocycles. The maximum Gasteiger partial charge on any atom is 0.287 e. The van der Waals surface area contributed by atoms with Crippen molar-refractivity contribution in [3.63, 3.8) is 0 Å². The van der Waals surface area contributed by atoms with Crippen LogP contribution in [0.2, 0.25) is 5.02 Å².